The molecule has 0 aliphatic rings. The molecule has 0 unspecified atom stereocenters. The minimum Gasteiger partial charge on any atom is -0.264 e. The number of rotatable bonds is 2. The molecule has 0 N–H and O–H groups in total. The average molecular weight is 280 g/mol. The van der Waals surface area contributed by atoms with Crippen LogP contribution in [0.3, 0.4) is 0 Å². The van der Waals surface area contributed by atoms with Crippen molar-refractivity contribution >= 4 is 22.5 Å². The summed E-state index contributed by atoms with van der Waals surface area (Å²) in [6.45, 7) is 0. The lowest BCUT2D eigenvalue weighted by Crippen LogP contribution is -1.85. The second-order valence-electron chi connectivity index (χ2n) is 4.21. The van der Waals surface area contributed by atoms with Gasteiger partial charge in [-0.3, -0.25) is 4.98 Å². The zero-order valence-corrected chi connectivity index (χ0v) is 11.2. The third kappa shape index (κ3) is 2.36. The molecule has 0 radical (unpaired) electrons. The number of aromatic nitrogens is 1. The van der Waals surface area contributed by atoms with E-state index in [9.17, 15) is 4.39 Å². The maximum Gasteiger partial charge on any atom is 0.138 e. The van der Waals surface area contributed by atoms with E-state index in [1.54, 1.807) is 24.5 Å². The van der Waals surface area contributed by atoms with Crippen molar-refractivity contribution in [1.82, 2.24) is 4.98 Å². The van der Waals surface area contributed by atoms with Crippen LogP contribution >= 0.6 is 11.8 Å². The van der Waals surface area contributed by atoms with Crippen LogP contribution in [0.2, 0.25) is 0 Å². The summed E-state index contributed by atoms with van der Waals surface area (Å²) in [5, 5.41) is 10.8. The van der Waals surface area contributed by atoms with Gasteiger partial charge >= 0.3 is 0 Å². The first-order chi connectivity index (χ1) is 9.78. The molecule has 4 heteroatoms. The van der Waals surface area contributed by atoms with Crippen molar-refractivity contribution in [3.8, 4) is 6.07 Å². The van der Waals surface area contributed by atoms with Crippen molar-refractivity contribution in [2.45, 2.75) is 9.79 Å². The lowest BCUT2D eigenvalue weighted by molar-refractivity contribution is 0.601. The van der Waals surface area contributed by atoms with Crippen LogP contribution in [0.1, 0.15) is 5.56 Å². The minimum atomic E-state index is -0.375. The summed E-state index contributed by atoms with van der Waals surface area (Å²) >= 11 is 1.35. The van der Waals surface area contributed by atoms with E-state index in [0.717, 1.165) is 15.7 Å². The highest BCUT2D eigenvalue weighted by molar-refractivity contribution is 7.99. The first-order valence-electron chi connectivity index (χ1n) is 5.98. The second-order valence-corrected chi connectivity index (χ2v) is 5.30. The van der Waals surface area contributed by atoms with Gasteiger partial charge in [0.2, 0.25) is 0 Å². The van der Waals surface area contributed by atoms with Crippen molar-refractivity contribution in [1.29, 1.82) is 5.26 Å². The highest BCUT2D eigenvalue weighted by Gasteiger charge is 2.08. The molecule has 1 heterocycles. The maximum atomic E-state index is 13.9. The number of pyridine rings is 1. The molecule has 0 atom stereocenters. The molecule has 3 rings (SSSR count). The quantitative estimate of drug-likeness (QED) is 0.698. The van der Waals surface area contributed by atoms with Crippen molar-refractivity contribution in [3.05, 3.63) is 66.2 Å². The molecule has 1 aromatic heterocycles. The molecule has 0 saturated carbocycles. The van der Waals surface area contributed by atoms with Crippen LogP contribution in [-0.2, 0) is 0 Å². The Morgan fingerprint density at radius 2 is 2.00 bits per heavy atom. The summed E-state index contributed by atoms with van der Waals surface area (Å²) in [5.74, 6) is -0.375. The largest absolute Gasteiger partial charge is 0.264 e. The number of halogens is 1. The minimum absolute atomic E-state index is 0.328. The number of nitrogens with zero attached hydrogens (tertiary/aromatic N) is 2. The smallest absolute Gasteiger partial charge is 0.138 e. The normalized spacial score (nSPS) is 10.4. The number of fused-ring (bicyclic) bond motifs is 1. The molecule has 0 bridgehead atoms. The van der Waals surface area contributed by atoms with Crippen LogP contribution in [-0.4, -0.2) is 4.98 Å². The van der Waals surface area contributed by atoms with E-state index in [1.165, 1.54) is 17.8 Å². The van der Waals surface area contributed by atoms with E-state index in [2.05, 4.69) is 4.98 Å². The van der Waals surface area contributed by atoms with Gasteiger partial charge in [-0.2, -0.15) is 5.26 Å². The van der Waals surface area contributed by atoms with Gasteiger partial charge in [0.05, 0.1) is 11.6 Å². The molecular weight excluding hydrogens is 271 g/mol. The molecule has 0 spiro atoms. The molecule has 2 aromatic carbocycles. The molecular formula is C16H9FN2S. The van der Waals surface area contributed by atoms with Gasteiger partial charge in [-0.25, -0.2) is 4.39 Å². The highest BCUT2D eigenvalue weighted by Crippen LogP contribution is 2.34. The Morgan fingerprint density at radius 3 is 2.80 bits per heavy atom. The van der Waals surface area contributed by atoms with Crippen molar-refractivity contribution in [2.75, 3.05) is 0 Å². The third-order valence-electron chi connectivity index (χ3n) is 2.92. The van der Waals surface area contributed by atoms with Gasteiger partial charge in [0.1, 0.15) is 5.82 Å². The van der Waals surface area contributed by atoms with Gasteiger partial charge < -0.3 is 0 Å². The van der Waals surface area contributed by atoms with Crippen molar-refractivity contribution in [2.24, 2.45) is 0 Å². The summed E-state index contributed by atoms with van der Waals surface area (Å²) in [4.78, 5) is 5.56. The van der Waals surface area contributed by atoms with Crippen LogP contribution in [0.4, 0.5) is 4.39 Å². The van der Waals surface area contributed by atoms with Crippen LogP contribution in [0.15, 0.2) is 64.6 Å². The number of hydrogen-bond donors (Lipinski definition) is 0. The third-order valence-corrected chi connectivity index (χ3v) is 4.05. The zero-order valence-electron chi connectivity index (χ0n) is 10.4. The Balaban J connectivity index is 2.04. The van der Waals surface area contributed by atoms with Crippen LogP contribution in [0, 0.1) is 17.1 Å². The topological polar surface area (TPSA) is 36.7 Å². The first kappa shape index (κ1) is 12.6. The van der Waals surface area contributed by atoms with Crippen molar-refractivity contribution in [3.63, 3.8) is 0 Å². The van der Waals surface area contributed by atoms with Gasteiger partial charge in [-0.15, -0.1) is 0 Å². The molecule has 0 amide bonds. The Labute approximate surface area is 119 Å². The fourth-order valence-corrected chi connectivity index (χ4v) is 2.93. The standard InChI is InChI=1S/C16H9FN2S/c17-14-8-11(9-18)4-5-16(14)20-15-3-1-2-12-10-19-7-6-13(12)15/h1-8,10H. The lowest BCUT2D eigenvalue weighted by atomic mass is 10.2. The molecule has 20 heavy (non-hydrogen) atoms. The van der Waals surface area contributed by atoms with Gasteiger partial charge in [0.15, 0.2) is 0 Å². The maximum absolute atomic E-state index is 13.9. The molecule has 0 saturated heterocycles. The van der Waals surface area contributed by atoms with Gasteiger partial charge in [0.25, 0.3) is 0 Å². The van der Waals surface area contributed by atoms with Crippen molar-refractivity contribution < 1.29 is 4.39 Å². The lowest BCUT2D eigenvalue weighted by Gasteiger charge is -2.07. The Kier molecular flexibility index (Phi) is 3.36. The molecule has 0 aliphatic carbocycles. The fraction of sp³-hybridized carbons (Fsp3) is 0. The van der Waals surface area contributed by atoms with Crippen LogP contribution < -0.4 is 0 Å². The number of hydrogen-bond acceptors (Lipinski definition) is 3. The van der Waals surface area contributed by atoms with E-state index in [-0.39, 0.29) is 5.82 Å². The monoisotopic (exact) mass is 280 g/mol. The van der Waals surface area contributed by atoms with Gasteiger partial charge in [-0.1, -0.05) is 23.9 Å². The van der Waals surface area contributed by atoms with Gasteiger partial charge in [-0.05, 0) is 35.7 Å². The number of nitriles is 1. The Bertz CT molecular complexity index is 819. The summed E-state index contributed by atoms with van der Waals surface area (Å²) in [6.07, 6.45) is 3.51. The van der Waals surface area contributed by atoms with E-state index in [0.29, 0.717) is 10.5 Å². The predicted molar refractivity (Wildman–Crippen MR) is 77.0 cm³/mol. The van der Waals surface area contributed by atoms with Crippen LogP contribution in [0.25, 0.3) is 10.8 Å². The molecule has 2 nitrogen and oxygen atoms in total. The average Bonchev–Trinajstić information content (AvgIpc) is 2.49. The molecule has 96 valence electrons. The summed E-state index contributed by atoms with van der Waals surface area (Å²) in [6, 6.07) is 14.2. The second kappa shape index (κ2) is 5.32. The van der Waals surface area contributed by atoms with Gasteiger partial charge in [0, 0.05) is 27.6 Å². The van der Waals surface area contributed by atoms with E-state index in [1.807, 2.05) is 30.3 Å². The SMILES string of the molecule is N#Cc1ccc(Sc2cccc3cnccc23)c(F)c1. The van der Waals surface area contributed by atoms with E-state index in [4.69, 9.17) is 5.26 Å². The highest BCUT2D eigenvalue weighted by atomic mass is 32.2. The fourth-order valence-electron chi connectivity index (χ4n) is 1.95. The summed E-state index contributed by atoms with van der Waals surface area (Å²) in [7, 11) is 0. The van der Waals surface area contributed by atoms with E-state index < -0.39 is 0 Å². The van der Waals surface area contributed by atoms with E-state index >= 15 is 0 Å². The molecule has 0 fully saturated rings. The Hall–Kier alpha value is -2.38. The molecule has 3 aromatic rings. The first-order valence-corrected chi connectivity index (χ1v) is 6.80. The zero-order chi connectivity index (χ0) is 13.9. The molecule has 0 aliphatic heterocycles. The van der Waals surface area contributed by atoms with Crippen LogP contribution in [0.5, 0.6) is 0 Å². The predicted octanol–water partition coefficient (Wildman–Crippen LogP) is 4.40. The Morgan fingerprint density at radius 1 is 1.10 bits per heavy atom. The number of benzene rings is 2. The summed E-state index contributed by atoms with van der Waals surface area (Å²) < 4.78 is 13.9. The summed E-state index contributed by atoms with van der Waals surface area (Å²) in [5.41, 5.74) is 0.328.